The zero-order chi connectivity index (χ0) is 15.7. The second kappa shape index (κ2) is 5.48. The standard InChI is InChI=1S/C18H16N2O2/c1-11-7-9-12(10-8-11)16-15(17(21)18(22)19-2)13-5-3-4-6-14(13)20-16/h3-10,20H,1-2H3,(H,19,22). The number of aromatic nitrogens is 1. The van der Waals surface area contributed by atoms with Crippen molar-refractivity contribution in [3.05, 3.63) is 59.7 Å². The average molecular weight is 292 g/mol. The third kappa shape index (κ3) is 2.29. The van der Waals surface area contributed by atoms with Crippen LogP contribution in [0.5, 0.6) is 0 Å². The van der Waals surface area contributed by atoms with Crippen molar-refractivity contribution in [2.24, 2.45) is 0 Å². The molecule has 0 saturated heterocycles. The van der Waals surface area contributed by atoms with Gasteiger partial charge in [0.15, 0.2) is 0 Å². The van der Waals surface area contributed by atoms with E-state index in [4.69, 9.17) is 0 Å². The van der Waals surface area contributed by atoms with Crippen LogP contribution in [0.1, 0.15) is 15.9 Å². The number of carbonyl (C=O) groups is 2. The van der Waals surface area contributed by atoms with Gasteiger partial charge in [0.1, 0.15) is 0 Å². The molecule has 1 heterocycles. The molecule has 2 aromatic carbocycles. The van der Waals surface area contributed by atoms with Gasteiger partial charge in [0.2, 0.25) is 0 Å². The molecular weight excluding hydrogens is 276 g/mol. The first-order chi connectivity index (χ1) is 10.6. The number of amides is 1. The van der Waals surface area contributed by atoms with Gasteiger partial charge in [-0.25, -0.2) is 0 Å². The number of ketones is 1. The lowest BCUT2D eigenvalue weighted by Crippen LogP contribution is -2.27. The quantitative estimate of drug-likeness (QED) is 0.575. The highest BCUT2D eigenvalue weighted by Gasteiger charge is 2.24. The molecule has 2 N–H and O–H groups in total. The predicted octanol–water partition coefficient (Wildman–Crippen LogP) is 3.07. The molecule has 0 atom stereocenters. The Morgan fingerprint density at radius 1 is 1.00 bits per heavy atom. The fourth-order valence-electron chi connectivity index (χ4n) is 2.54. The average Bonchev–Trinajstić information content (AvgIpc) is 2.93. The molecule has 0 spiro atoms. The molecule has 1 aromatic heterocycles. The Morgan fingerprint density at radius 2 is 1.68 bits per heavy atom. The fourth-order valence-corrected chi connectivity index (χ4v) is 2.54. The van der Waals surface area contributed by atoms with Crippen molar-refractivity contribution in [3.63, 3.8) is 0 Å². The van der Waals surface area contributed by atoms with Crippen LogP contribution in [0.4, 0.5) is 0 Å². The summed E-state index contributed by atoms with van der Waals surface area (Å²) in [6, 6.07) is 15.3. The molecule has 3 rings (SSSR count). The predicted molar refractivity (Wildman–Crippen MR) is 86.9 cm³/mol. The van der Waals surface area contributed by atoms with Crippen LogP contribution in [0, 0.1) is 6.92 Å². The lowest BCUT2D eigenvalue weighted by Gasteiger charge is -2.04. The first-order valence-corrected chi connectivity index (χ1v) is 7.06. The number of benzene rings is 2. The number of nitrogens with one attached hydrogen (secondary N) is 2. The third-order valence-corrected chi connectivity index (χ3v) is 3.71. The van der Waals surface area contributed by atoms with Crippen LogP contribution < -0.4 is 5.32 Å². The van der Waals surface area contributed by atoms with Gasteiger partial charge in [-0.1, -0.05) is 48.0 Å². The lowest BCUT2D eigenvalue weighted by molar-refractivity contribution is -0.116. The van der Waals surface area contributed by atoms with Gasteiger partial charge in [-0.2, -0.15) is 0 Å². The number of hydrogen-bond donors (Lipinski definition) is 2. The number of rotatable bonds is 3. The van der Waals surface area contributed by atoms with E-state index in [2.05, 4.69) is 10.3 Å². The minimum absolute atomic E-state index is 0.416. The highest BCUT2D eigenvalue weighted by atomic mass is 16.2. The maximum absolute atomic E-state index is 12.5. The normalized spacial score (nSPS) is 10.6. The zero-order valence-corrected chi connectivity index (χ0v) is 12.4. The third-order valence-electron chi connectivity index (χ3n) is 3.71. The summed E-state index contributed by atoms with van der Waals surface area (Å²) in [5.74, 6) is -1.14. The van der Waals surface area contributed by atoms with E-state index in [9.17, 15) is 9.59 Å². The molecule has 0 aliphatic carbocycles. The Hall–Kier alpha value is -2.88. The van der Waals surface area contributed by atoms with Gasteiger partial charge in [0, 0.05) is 18.0 Å². The van der Waals surface area contributed by atoms with Crippen LogP contribution in [-0.4, -0.2) is 23.7 Å². The van der Waals surface area contributed by atoms with E-state index in [1.54, 1.807) is 0 Å². The second-order valence-electron chi connectivity index (χ2n) is 5.19. The van der Waals surface area contributed by atoms with Crippen LogP contribution in [-0.2, 0) is 4.79 Å². The molecule has 0 unspecified atom stereocenters. The first-order valence-electron chi connectivity index (χ1n) is 7.06. The topological polar surface area (TPSA) is 62.0 Å². The van der Waals surface area contributed by atoms with E-state index in [0.717, 1.165) is 22.0 Å². The monoisotopic (exact) mass is 292 g/mol. The Morgan fingerprint density at radius 3 is 2.36 bits per heavy atom. The van der Waals surface area contributed by atoms with Crippen LogP contribution in [0.15, 0.2) is 48.5 Å². The first kappa shape index (κ1) is 14.1. The van der Waals surface area contributed by atoms with Crippen molar-refractivity contribution in [1.29, 1.82) is 0 Å². The number of fused-ring (bicyclic) bond motifs is 1. The molecule has 22 heavy (non-hydrogen) atoms. The summed E-state index contributed by atoms with van der Waals surface area (Å²) in [7, 11) is 1.46. The molecule has 0 radical (unpaired) electrons. The molecule has 1 amide bonds. The van der Waals surface area contributed by atoms with E-state index < -0.39 is 11.7 Å². The molecule has 110 valence electrons. The van der Waals surface area contributed by atoms with Crippen molar-refractivity contribution in [1.82, 2.24) is 10.3 Å². The molecule has 4 heteroatoms. The summed E-state index contributed by atoms with van der Waals surface area (Å²) in [6.45, 7) is 2.01. The number of para-hydroxylation sites is 1. The number of aryl methyl sites for hydroxylation is 1. The summed E-state index contributed by atoms with van der Waals surface area (Å²) >= 11 is 0. The molecular formula is C18H16N2O2. The minimum atomic E-state index is -0.613. The van der Waals surface area contributed by atoms with Gasteiger partial charge in [0.25, 0.3) is 11.7 Å². The Labute approximate surface area is 128 Å². The van der Waals surface area contributed by atoms with Crippen molar-refractivity contribution in [2.75, 3.05) is 7.05 Å². The number of H-pyrrole nitrogens is 1. The second-order valence-corrected chi connectivity index (χ2v) is 5.19. The number of hydrogen-bond acceptors (Lipinski definition) is 2. The van der Waals surface area contributed by atoms with E-state index in [1.165, 1.54) is 7.05 Å². The molecule has 3 aromatic rings. The van der Waals surface area contributed by atoms with Crippen molar-refractivity contribution >= 4 is 22.6 Å². The lowest BCUT2D eigenvalue weighted by atomic mass is 10.0. The molecule has 0 fully saturated rings. The van der Waals surface area contributed by atoms with E-state index in [0.29, 0.717) is 11.3 Å². The van der Waals surface area contributed by atoms with Crippen LogP contribution in [0.3, 0.4) is 0 Å². The zero-order valence-electron chi connectivity index (χ0n) is 12.4. The summed E-state index contributed by atoms with van der Waals surface area (Å²) in [6.07, 6.45) is 0. The number of carbonyl (C=O) groups excluding carboxylic acids is 2. The number of aromatic amines is 1. The van der Waals surface area contributed by atoms with E-state index in [1.807, 2.05) is 55.5 Å². The Balaban J connectivity index is 2.27. The van der Waals surface area contributed by atoms with Crippen LogP contribution >= 0.6 is 0 Å². The molecule has 0 bridgehead atoms. The molecule has 4 nitrogen and oxygen atoms in total. The minimum Gasteiger partial charge on any atom is -0.354 e. The Bertz CT molecular complexity index is 860. The van der Waals surface area contributed by atoms with Gasteiger partial charge in [-0.3, -0.25) is 9.59 Å². The van der Waals surface area contributed by atoms with E-state index in [-0.39, 0.29) is 0 Å². The summed E-state index contributed by atoms with van der Waals surface area (Å²) in [5.41, 5.74) is 3.95. The van der Waals surface area contributed by atoms with Gasteiger partial charge in [0.05, 0.1) is 11.3 Å². The highest BCUT2D eigenvalue weighted by Crippen LogP contribution is 2.30. The van der Waals surface area contributed by atoms with Gasteiger partial charge in [-0.15, -0.1) is 0 Å². The summed E-state index contributed by atoms with van der Waals surface area (Å²) < 4.78 is 0. The van der Waals surface area contributed by atoms with Crippen molar-refractivity contribution in [2.45, 2.75) is 6.92 Å². The van der Waals surface area contributed by atoms with Crippen LogP contribution in [0.2, 0.25) is 0 Å². The van der Waals surface area contributed by atoms with Gasteiger partial charge in [-0.05, 0) is 18.6 Å². The van der Waals surface area contributed by atoms with Crippen molar-refractivity contribution < 1.29 is 9.59 Å². The van der Waals surface area contributed by atoms with Crippen molar-refractivity contribution in [3.8, 4) is 11.3 Å². The highest BCUT2D eigenvalue weighted by molar-refractivity contribution is 6.46. The number of Topliss-reactive ketones (excluding diaryl/α,β-unsaturated/α-hetero) is 1. The smallest absolute Gasteiger partial charge is 0.292 e. The largest absolute Gasteiger partial charge is 0.354 e. The molecule has 0 aliphatic rings. The molecule has 0 aliphatic heterocycles. The van der Waals surface area contributed by atoms with E-state index >= 15 is 0 Å². The Kier molecular flexibility index (Phi) is 3.51. The van der Waals surface area contributed by atoms with Crippen LogP contribution in [0.25, 0.3) is 22.2 Å². The molecule has 0 saturated carbocycles. The SMILES string of the molecule is CNC(=O)C(=O)c1c(-c2ccc(C)cc2)[nH]c2ccccc12. The van der Waals surface area contributed by atoms with Gasteiger partial charge >= 0.3 is 0 Å². The van der Waals surface area contributed by atoms with Gasteiger partial charge < -0.3 is 10.3 Å². The maximum Gasteiger partial charge on any atom is 0.292 e. The number of likely N-dealkylation sites (N-methyl/N-ethyl adjacent to an activating group) is 1. The maximum atomic E-state index is 12.5. The fraction of sp³-hybridized carbons (Fsp3) is 0.111. The summed E-state index contributed by atoms with van der Waals surface area (Å²) in [4.78, 5) is 27.6. The summed E-state index contributed by atoms with van der Waals surface area (Å²) in [5, 5.41) is 3.16.